The molecule has 8 heteroatoms. The Morgan fingerprint density at radius 2 is 2.25 bits per heavy atom. The minimum Gasteiger partial charge on any atom is -0.281 e. The molecule has 0 radical (unpaired) electrons. The average molecular weight is 188 g/mol. The van der Waals surface area contributed by atoms with E-state index in [2.05, 4.69) is 5.10 Å². The number of rotatable bonds is 1. The average Bonchev–Trinajstić information content (AvgIpc) is 1.94. The first kappa shape index (κ1) is 8.53. The second-order valence-corrected chi connectivity index (χ2v) is 2.88. The van der Waals surface area contributed by atoms with Gasteiger partial charge < -0.3 is 0 Å². The molecule has 0 saturated heterocycles. The standard InChI is InChI=1S/C4H5N5O2S/c5-3(6)12-2-1(10)7-4(11)9-8-2/h(H3,5,6)(H2,7,9,10,11)/p+1. The van der Waals surface area contributed by atoms with Crippen LogP contribution in [0, 0.1) is 0 Å². The van der Waals surface area contributed by atoms with Crippen molar-refractivity contribution in [3.05, 3.63) is 20.8 Å². The Bertz CT molecular complexity index is 406. The molecule has 0 spiro atoms. The van der Waals surface area contributed by atoms with Gasteiger partial charge in [0.25, 0.3) is 5.56 Å². The van der Waals surface area contributed by atoms with Gasteiger partial charge in [-0.15, -0.1) is 0 Å². The predicted octanol–water partition coefficient (Wildman–Crippen LogP) is -3.38. The number of amidine groups is 1. The SMILES string of the molecule is NC(=[NH2+])Sc1n[nH]c(=O)[nH]c1=O. The molecule has 1 aromatic rings. The Hall–Kier alpha value is -1.57. The van der Waals surface area contributed by atoms with E-state index < -0.39 is 11.2 Å². The van der Waals surface area contributed by atoms with Crippen LogP contribution in [0.5, 0.6) is 0 Å². The maximum Gasteiger partial charge on any atom is 0.342 e. The van der Waals surface area contributed by atoms with Crippen molar-refractivity contribution in [2.24, 2.45) is 5.73 Å². The molecule has 1 rings (SSSR count). The number of aromatic nitrogens is 3. The van der Waals surface area contributed by atoms with Crippen molar-refractivity contribution in [3.8, 4) is 0 Å². The first-order valence-corrected chi connectivity index (χ1v) is 3.66. The van der Waals surface area contributed by atoms with E-state index >= 15 is 0 Å². The van der Waals surface area contributed by atoms with E-state index in [1.807, 2.05) is 10.1 Å². The number of nitrogens with two attached hydrogens (primary N) is 2. The number of hydrogen-bond acceptors (Lipinski definition) is 4. The molecule has 0 aromatic carbocycles. The third kappa shape index (κ3) is 1.95. The Morgan fingerprint density at radius 1 is 1.58 bits per heavy atom. The molecule has 6 N–H and O–H groups in total. The summed E-state index contributed by atoms with van der Waals surface area (Å²) in [4.78, 5) is 23.3. The lowest BCUT2D eigenvalue weighted by Gasteiger charge is -1.89. The van der Waals surface area contributed by atoms with E-state index in [0.29, 0.717) is 0 Å². The molecule has 0 bridgehead atoms. The zero-order chi connectivity index (χ0) is 9.14. The fourth-order valence-corrected chi connectivity index (χ4v) is 0.976. The van der Waals surface area contributed by atoms with Gasteiger partial charge in [0.05, 0.1) is 0 Å². The highest BCUT2D eigenvalue weighted by atomic mass is 32.2. The maximum atomic E-state index is 10.9. The van der Waals surface area contributed by atoms with Crippen LogP contribution in [0.15, 0.2) is 14.6 Å². The van der Waals surface area contributed by atoms with Crippen molar-refractivity contribution in [1.29, 1.82) is 0 Å². The molecule has 1 heterocycles. The highest BCUT2D eigenvalue weighted by Crippen LogP contribution is 2.03. The molecule has 0 saturated carbocycles. The smallest absolute Gasteiger partial charge is 0.281 e. The summed E-state index contributed by atoms with van der Waals surface area (Å²) in [7, 11) is 0. The van der Waals surface area contributed by atoms with Crippen LogP contribution in [-0.4, -0.2) is 20.3 Å². The Balaban J connectivity index is 3.10. The molecule has 7 nitrogen and oxygen atoms in total. The first-order valence-electron chi connectivity index (χ1n) is 2.84. The fourth-order valence-electron chi connectivity index (χ4n) is 0.518. The normalized spacial score (nSPS) is 9.67. The molecular weight excluding hydrogens is 182 g/mol. The molecule has 0 fully saturated rings. The number of nitrogens with one attached hydrogen (secondary N) is 2. The summed E-state index contributed by atoms with van der Waals surface area (Å²) in [5.74, 6) is 0. The van der Waals surface area contributed by atoms with E-state index in [1.165, 1.54) is 0 Å². The predicted molar refractivity (Wildman–Crippen MR) is 42.5 cm³/mol. The van der Waals surface area contributed by atoms with Gasteiger partial charge in [0.2, 0.25) is 0 Å². The van der Waals surface area contributed by atoms with Gasteiger partial charge in [-0.05, 0) is 0 Å². The van der Waals surface area contributed by atoms with Gasteiger partial charge >= 0.3 is 10.9 Å². The third-order valence-corrected chi connectivity index (χ3v) is 1.60. The molecule has 64 valence electrons. The largest absolute Gasteiger partial charge is 0.342 e. The summed E-state index contributed by atoms with van der Waals surface area (Å²) >= 11 is 0.781. The molecule has 0 aliphatic rings. The second-order valence-electron chi connectivity index (χ2n) is 1.82. The van der Waals surface area contributed by atoms with Gasteiger partial charge in [-0.25, -0.2) is 9.89 Å². The zero-order valence-corrected chi connectivity index (χ0v) is 6.64. The molecule has 1 aromatic heterocycles. The van der Waals surface area contributed by atoms with Crippen LogP contribution in [-0.2, 0) is 0 Å². The van der Waals surface area contributed by atoms with Gasteiger partial charge in [-0.2, -0.15) is 5.10 Å². The lowest BCUT2D eigenvalue weighted by atomic mass is 10.8. The lowest BCUT2D eigenvalue weighted by molar-refractivity contribution is -0.110. The van der Waals surface area contributed by atoms with Gasteiger partial charge in [0, 0.05) is 11.8 Å². The summed E-state index contributed by atoms with van der Waals surface area (Å²) in [6.07, 6.45) is 0. The number of H-pyrrole nitrogens is 2. The summed E-state index contributed by atoms with van der Waals surface area (Å²) in [6, 6.07) is 0. The van der Waals surface area contributed by atoms with Crippen LogP contribution < -0.4 is 22.4 Å². The van der Waals surface area contributed by atoms with Crippen LogP contribution in [0.2, 0.25) is 0 Å². The summed E-state index contributed by atoms with van der Waals surface area (Å²) < 4.78 is 0. The molecule has 0 amide bonds. The highest BCUT2D eigenvalue weighted by molar-refractivity contribution is 8.13. The summed E-state index contributed by atoms with van der Waals surface area (Å²) in [5, 5.41) is 10.6. The molecular formula is C4H6N5O2S+. The Labute approximate surface area is 69.9 Å². The monoisotopic (exact) mass is 188 g/mol. The van der Waals surface area contributed by atoms with Crippen LogP contribution in [0.25, 0.3) is 0 Å². The van der Waals surface area contributed by atoms with Gasteiger partial charge in [0.15, 0.2) is 5.03 Å². The van der Waals surface area contributed by atoms with E-state index in [0.717, 1.165) is 11.8 Å². The minimum atomic E-state index is -0.667. The summed E-state index contributed by atoms with van der Waals surface area (Å²) in [5.41, 5.74) is 3.82. The molecule has 12 heavy (non-hydrogen) atoms. The van der Waals surface area contributed by atoms with Crippen LogP contribution in [0.4, 0.5) is 0 Å². The zero-order valence-electron chi connectivity index (χ0n) is 5.83. The van der Waals surface area contributed by atoms with Crippen molar-refractivity contribution in [1.82, 2.24) is 15.2 Å². The van der Waals surface area contributed by atoms with Crippen molar-refractivity contribution in [2.75, 3.05) is 0 Å². The Kier molecular flexibility index (Phi) is 2.29. The van der Waals surface area contributed by atoms with Gasteiger partial charge in [-0.3, -0.25) is 20.9 Å². The number of aromatic amines is 2. The van der Waals surface area contributed by atoms with Crippen LogP contribution in [0.1, 0.15) is 0 Å². The summed E-state index contributed by atoms with van der Waals surface area (Å²) in [6.45, 7) is 0. The molecule has 0 aliphatic heterocycles. The van der Waals surface area contributed by atoms with E-state index in [4.69, 9.17) is 11.1 Å². The maximum absolute atomic E-state index is 10.9. The molecule has 0 unspecified atom stereocenters. The quantitative estimate of drug-likeness (QED) is 0.207. The number of nitrogens with zero attached hydrogens (tertiary/aromatic N) is 1. The van der Waals surface area contributed by atoms with Crippen LogP contribution in [0.3, 0.4) is 0 Å². The van der Waals surface area contributed by atoms with E-state index in [1.54, 1.807) is 0 Å². The lowest BCUT2D eigenvalue weighted by Crippen LogP contribution is -2.43. The topological polar surface area (TPSA) is 130 Å². The van der Waals surface area contributed by atoms with Gasteiger partial charge in [-0.1, -0.05) is 0 Å². The first-order chi connectivity index (χ1) is 5.59. The van der Waals surface area contributed by atoms with E-state index in [9.17, 15) is 9.59 Å². The molecule has 0 aliphatic carbocycles. The fraction of sp³-hybridized carbons (Fsp3) is 0. The number of thioether (sulfide) groups is 1. The van der Waals surface area contributed by atoms with Crippen molar-refractivity contribution in [3.63, 3.8) is 0 Å². The van der Waals surface area contributed by atoms with Gasteiger partial charge in [0.1, 0.15) is 0 Å². The van der Waals surface area contributed by atoms with Crippen molar-refractivity contribution in [2.45, 2.75) is 5.03 Å². The minimum absolute atomic E-state index is 0.00889. The van der Waals surface area contributed by atoms with Crippen molar-refractivity contribution >= 4 is 16.9 Å². The number of hydrogen-bond donors (Lipinski definition) is 4. The third-order valence-electron chi connectivity index (χ3n) is 0.895. The molecule has 0 atom stereocenters. The second kappa shape index (κ2) is 3.22. The van der Waals surface area contributed by atoms with Crippen molar-refractivity contribution < 1.29 is 5.41 Å². The highest BCUT2D eigenvalue weighted by Gasteiger charge is 2.07. The Morgan fingerprint density at radius 3 is 2.75 bits per heavy atom. The van der Waals surface area contributed by atoms with E-state index in [-0.39, 0.29) is 10.2 Å². The van der Waals surface area contributed by atoms with Crippen LogP contribution >= 0.6 is 11.8 Å².